The van der Waals surface area contributed by atoms with Crippen LogP contribution in [0.1, 0.15) is 0 Å². The van der Waals surface area contributed by atoms with Gasteiger partial charge in [0.15, 0.2) is 5.82 Å². The summed E-state index contributed by atoms with van der Waals surface area (Å²) in [7, 11) is 0. The number of rotatable bonds is 4. The summed E-state index contributed by atoms with van der Waals surface area (Å²) in [5.41, 5.74) is 1.42. The molecule has 0 saturated carbocycles. The Bertz CT molecular complexity index is 905. The highest BCUT2D eigenvalue weighted by Gasteiger charge is 2.04. The van der Waals surface area contributed by atoms with Crippen LogP contribution in [0, 0.1) is 0 Å². The van der Waals surface area contributed by atoms with Crippen LogP contribution in [0.5, 0.6) is 0 Å². The molecule has 0 radical (unpaired) electrons. The van der Waals surface area contributed by atoms with Crippen LogP contribution in [0.2, 0.25) is 10.0 Å². The summed E-state index contributed by atoms with van der Waals surface area (Å²) in [6.07, 6.45) is 4.39. The molecule has 1 heterocycles. The first kappa shape index (κ1) is 16.2. The Morgan fingerprint density at radius 2 is 1.83 bits per heavy atom. The molecule has 0 bridgehead atoms. The fourth-order valence-electron chi connectivity index (χ4n) is 2.00. The number of hydrogen-bond donors (Lipinski definition) is 1. The molecular formula is C17H12Cl2N4O. The van der Waals surface area contributed by atoms with Crippen molar-refractivity contribution in [1.29, 1.82) is 0 Å². The molecule has 0 aliphatic rings. The first-order valence-electron chi connectivity index (χ1n) is 7.02. The third-order valence-electron chi connectivity index (χ3n) is 3.06. The fourth-order valence-corrected chi connectivity index (χ4v) is 2.38. The Morgan fingerprint density at radius 3 is 2.58 bits per heavy atom. The number of aromatic nitrogens is 3. The van der Waals surface area contributed by atoms with E-state index < -0.39 is 0 Å². The predicted octanol–water partition coefficient (Wildman–Crippen LogP) is 4.36. The van der Waals surface area contributed by atoms with E-state index in [2.05, 4.69) is 15.4 Å². The van der Waals surface area contributed by atoms with E-state index in [0.717, 1.165) is 5.56 Å². The number of carbonyl (C=O) groups excluding carboxylic acids is 1. The van der Waals surface area contributed by atoms with E-state index in [0.29, 0.717) is 21.6 Å². The van der Waals surface area contributed by atoms with Crippen molar-refractivity contribution in [2.45, 2.75) is 0 Å². The molecule has 0 saturated heterocycles. The van der Waals surface area contributed by atoms with Crippen molar-refractivity contribution in [2.24, 2.45) is 0 Å². The molecule has 0 aliphatic carbocycles. The van der Waals surface area contributed by atoms with Crippen molar-refractivity contribution in [3.05, 3.63) is 71.0 Å². The van der Waals surface area contributed by atoms with E-state index in [1.165, 1.54) is 23.3 Å². The van der Waals surface area contributed by atoms with Gasteiger partial charge in [0.1, 0.15) is 6.33 Å². The molecule has 0 aliphatic heterocycles. The Balaban J connectivity index is 1.68. The van der Waals surface area contributed by atoms with Crippen molar-refractivity contribution in [3.63, 3.8) is 0 Å². The van der Waals surface area contributed by atoms with E-state index in [4.69, 9.17) is 23.2 Å². The van der Waals surface area contributed by atoms with Gasteiger partial charge in [0.05, 0.1) is 0 Å². The Morgan fingerprint density at radius 1 is 1.08 bits per heavy atom. The topological polar surface area (TPSA) is 59.8 Å². The standard InChI is InChI=1S/C17H12Cl2N4O/c18-13-4-1-3-12(9-13)17-20-11-23(22-17)8-7-16(24)21-15-6-2-5-14(19)10-15/h1-11H,(H,21,24)/b8-7+. The molecule has 1 amide bonds. The highest BCUT2D eigenvalue weighted by molar-refractivity contribution is 6.31. The van der Waals surface area contributed by atoms with E-state index in [-0.39, 0.29) is 5.91 Å². The van der Waals surface area contributed by atoms with Gasteiger partial charge in [-0.25, -0.2) is 9.67 Å². The van der Waals surface area contributed by atoms with Gasteiger partial charge >= 0.3 is 0 Å². The third kappa shape index (κ3) is 4.22. The van der Waals surface area contributed by atoms with Crippen LogP contribution in [-0.2, 0) is 4.79 Å². The Kier molecular flexibility index (Phi) is 4.93. The molecule has 1 N–H and O–H groups in total. The molecule has 0 unspecified atom stereocenters. The number of nitrogens with zero attached hydrogens (tertiary/aromatic N) is 3. The van der Waals surface area contributed by atoms with Crippen LogP contribution >= 0.6 is 23.2 Å². The minimum atomic E-state index is -0.294. The Hall–Kier alpha value is -2.63. The molecule has 3 rings (SSSR count). The van der Waals surface area contributed by atoms with Gasteiger partial charge in [-0.3, -0.25) is 4.79 Å². The van der Waals surface area contributed by atoms with Gasteiger partial charge in [0, 0.05) is 33.6 Å². The lowest BCUT2D eigenvalue weighted by atomic mass is 10.2. The van der Waals surface area contributed by atoms with E-state index in [9.17, 15) is 4.79 Å². The highest BCUT2D eigenvalue weighted by atomic mass is 35.5. The molecule has 120 valence electrons. The monoisotopic (exact) mass is 358 g/mol. The first-order chi connectivity index (χ1) is 11.6. The van der Waals surface area contributed by atoms with E-state index in [1.54, 1.807) is 36.4 Å². The van der Waals surface area contributed by atoms with Gasteiger partial charge in [-0.15, -0.1) is 5.10 Å². The molecule has 0 fully saturated rings. The number of anilines is 1. The minimum Gasteiger partial charge on any atom is -0.322 e. The second-order valence-corrected chi connectivity index (χ2v) is 5.75. The lowest BCUT2D eigenvalue weighted by molar-refractivity contribution is -0.111. The third-order valence-corrected chi connectivity index (χ3v) is 3.53. The van der Waals surface area contributed by atoms with Crippen LogP contribution in [-0.4, -0.2) is 20.7 Å². The number of amides is 1. The lowest BCUT2D eigenvalue weighted by Gasteiger charge is -2.01. The van der Waals surface area contributed by atoms with Gasteiger partial charge in [-0.2, -0.15) is 0 Å². The minimum absolute atomic E-state index is 0.294. The maximum Gasteiger partial charge on any atom is 0.249 e. The van der Waals surface area contributed by atoms with Crippen LogP contribution < -0.4 is 5.32 Å². The molecule has 1 aromatic heterocycles. The summed E-state index contributed by atoms with van der Waals surface area (Å²) in [4.78, 5) is 16.1. The number of nitrogens with one attached hydrogen (secondary N) is 1. The molecule has 3 aromatic rings. The van der Waals surface area contributed by atoms with Gasteiger partial charge < -0.3 is 5.32 Å². The van der Waals surface area contributed by atoms with Crippen molar-refractivity contribution in [1.82, 2.24) is 14.8 Å². The van der Waals surface area contributed by atoms with Gasteiger partial charge in [-0.1, -0.05) is 41.4 Å². The molecular weight excluding hydrogens is 347 g/mol. The lowest BCUT2D eigenvalue weighted by Crippen LogP contribution is -2.08. The number of hydrogen-bond acceptors (Lipinski definition) is 3. The summed E-state index contributed by atoms with van der Waals surface area (Å²) < 4.78 is 1.45. The summed E-state index contributed by atoms with van der Waals surface area (Å²) in [6.45, 7) is 0. The molecule has 5 nitrogen and oxygen atoms in total. The second kappa shape index (κ2) is 7.29. The Labute approximate surface area is 148 Å². The first-order valence-corrected chi connectivity index (χ1v) is 7.77. The maximum absolute atomic E-state index is 11.9. The highest BCUT2D eigenvalue weighted by Crippen LogP contribution is 2.19. The summed E-state index contributed by atoms with van der Waals surface area (Å²) in [5, 5.41) is 8.15. The average molecular weight is 359 g/mol. The molecule has 24 heavy (non-hydrogen) atoms. The van der Waals surface area contributed by atoms with Crippen LogP contribution in [0.4, 0.5) is 5.69 Å². The second-order valence-electron chi connectivity index (χ2n) is 4.87. The van der Waals surface area contributed by atoms with Crippen molar-refractivity contribution < 1.29 is 4.79 Å². The maximum atomic E-state index is 11.9. The molecule has 0 spiro atoms. The van der Waals surface area contributed by atoms with Crippen molar-refractivity contribution >= 4 is 41.0 Å². The van der Waals surface area contributed by atoms with Crippen molar-refractivity contribution in [2.75, 3.05) is 5.32 Å². The molecule has 7 heteroatoms. The summed E-state index contributed by atoms with van der Waals surface area (Å²) in [5.74, 6) is 0.231. The predicted molar refractivity (Wildman–Crippen MR) is 95.9 cm³/mol. The number of carbonyl (C=O) groups is 1. The fraction of sp³-hybridized carbons (Fsp3) is 0. The summed E-state index contributed by atoms with van der Waals surface area (Å²) in [6, 6.07) is 14.2. The quantitative estimate of drug-likeness (QED) is 0.704. The summed E-state index contributed by atoms with van der Waals surface area (Å²) >= 11 is 11.8. The van der Waals surface area contributed by atoms with Crippen LogP contribution in [0.3, 0.4) is 0 Å². The van der Waals surface area contributed by atoms with Crippen molar-refractivity contribution in [3.8, 4) is 11.4 Å². The SMILES string of the molecule is O=C(/C=C/n1cnc(-c2cccc(Cl)c2)n1)Nc1cccc(Cl)c1. The zero-order valence-corrected chi connectivity index (χ0v) is 13.9. The average Bonchev–Trinajstić information content (AvgIpc) is 3.02. The molecule has 0 atom stereocenters. The zero-order valence-electron chi connectivity index (χ0n) is 12.4. The largest absolute Gasteiger partial charge is 0.322 e. The van der Waals surface area contributed by atoms with Gasteiger partial charge in [-0.05, 0) is 30.3 Å². The van der Waals surface area contributed by atoms with E-state index >= 15 is 0 Å². The normalized spacial score (nSPS) is 10.9. The van der Waals surface area contributed by atoms with Gasteiger partial charge in [0.25, 0.3) is 0 Å². The molecule has 2 aromatic carbocycles. The number of benzene rings is 2. The smallest absolute Gasteiger partial charge is 0.249 e. The van der Waals surface area contributed by atoms with Crippen LogP contribution in [0.25, 0.3) is 17.6 Å². The van der Waals surface area contributed by atoms with Gasteiger partial charge in [0.2, 0.25) is 5.91 Å². The van der Waals surface area contributed by atoms with Crippen LogP contribution in [0.15, 0.2) is 60.9 Å². The van der Waals surface area contributed by atoms with E-state index in [1.807, 2.05) is 12.1 Å². The number of halogens is 2. The zero-order chi connectivity index (χ0) is 16.9.